The summed E-state index contributed by atoms with van der Waals surface area (Å²) in [4.78, 5) is 23.3. The molecule has 6 heteroatoms. The van der Waals surface area contributed by atoms with Crippen molar-refractivity contribution < 1.29 is 14.7 Å². The van der Waals surface area contributed by atoms with E-state index in [2.05, 4.69) is 5.32 Å². The topological polar surface area (TPSA) is 66.4 Å². The van der Waals surface area contributed by atoms with Gasteiger partial charge in [-0.05, 0) is 30.9 Å². The molecule has 4 nitrogen and oxygen atoms in total. The lowest BCUT2D eigenvalue weighted by Crippen LogP contribution is -2.12. The average molecular weight is 288 g/mol. The van der Waals surface area contributed by atoms with Crippen molar-refractivity contribution in [3.63, 3.8) is 0 Å². The number of aromatic carboxylic acids is 1. The second-order valence-corrected chi connectivity index (χ2v) is 4.85. The molecule has 1 aromatic rings. The number of carbonyl (C=O) groups excluding carboxylic acids is 1. The number of amides is 1. The zero-order valence-electron chi connectivity index (χ0n) is 9.90. The summed E-state index contributed by atoms with van der Waals surface area (Å²) in [5.41, 5.74) is 0.660. The van der Waals surface area contributed by atoms with Crippen LogP contribution in [0, 0.1) is 0 Å². The first-order valence-corrected chi connectivity index (χ1v) is 7.11. The van der Waals surface area contributed by atoms with E-state index in [1.807, 2.05) is 6.26 Å². The highest BCUT2D eigenvalue weighted by atomic mass is 35.5. The molecule has 0 saturated carbocycles. The van der Waals surface area contributed by atoms with Gasteiger partial charge in [-0.25, -0.2) is 4.79 Å². The van der Waals surface area contributed by atoms with E-state index >= 15 is 0 Å². The molecule has 1 rings (SSSR count). The lowest BCUT2D eigenvalue weighted by atomic mass is 10.2. The molecule has 0 aliphatic heterocycles. The molecule has 0 aliphatic carbocycles. The van der Waals surface area contributed by atoms with E-state index in [1.54, 1.807) is 12.1 Å². The Morgan fingerprint density at radius 3 is 2.67 bits per heavy atom. The fraction of sp³-hybridized carbons (Fsp3) is 0.333. The van der Waals surface area contributed by atoms with Crippen LogP contribution in [0.1, 0.15) is 23.2 Å². The Morgan fingerprint density at radius 1 is 1.39 bits per heavy atom. The number of halogens is 1. The number of carboxylic acids is 1. The SMILES string of the molecule is CSc1cc(NC(=O)CCCCl)cc(C(=O)O)c1. The van der Waals surface area contributed by atoms with Crippen LogP contribution in [0.4, 0.5) is 5.69 Å². The highest BCUT2D eigenvalue weighted by Gasteiger charge is 2.09. The number of anilines is 1. The number of nitrogens with one attached hydrogen (secondary N) is 1. The summed E-state index contributed by atoms with van der Waals surface area (Å²) in [7, 11) is 0. The van der Waals surface area contributed by atoms with E-state index in [1.165, 1.54) is 17.8 Å². The van der Waals surface area contributed by atoms with E-state index in [0.717, 1.165) is 4.90 Å². The summed E-state index contributed by atoms with van der Waals surface area (Å²) >= 11 is 6.93. The Bertz CT molecular complexity index is 451. The van der Waals surface area contributed by atoms with Crippen LogP contribution in [0.2, 0.25) is 0 Å². The van der Waals surface area contributed by atoms with Gasteiger partial charge in [0.15, 0.2) is 0 Å². The van der Waals surface area contributed by atoms with E-state index in [-0.39, 0.29) is 11.5 Å². The fourth-order valence-corrected chi connectivity index (χ4v) is 1.99. The zero-order chi connectivity index (χ0) is 13.5. The normalized spacial score (nSPS) is 10.1. The molecule has 0 fully saturated rings. The monoisotopic (exact) mass is 287 g/mol. The van der Waals surface area contributed by atoms with Crippen LogP contribution in [-0.2, 0) is 4.79 Å². The number of benzene rings is 1. The first-order chi connectivity index (χ1) is 8.56. The molecular formula is C12H14ClNO3S. The van der Waals surface area contributed by atoms with Crippen molar-refractivity contribution in [1.29, 1.82) is 0 Å². The maximum absolute atomic E-state index is 11.5. The summed E-state index contributed by atoms with van der Waals surface area (Å²) < 4.78 is 0. The summed E-state index contributed by atoms with van der Waals surface area (Å²) in [6.45, 7) is 0. The minimum Gasteiger partial charge on any atom is -0.478 e. The summed E-state index contributed by atoms with van der Waals surface area (Å²) in [6.07, 6.45) is 2.77. The smallest absolute Gasteiger partial charge is 0.335 e. The van der Waals surface area contributed by atoms with E-state index in [9.17, 15) is 9.59 Å². The van der Waals surface area contributed by atoms with Crippen LogP contribution >= 0.6 is 23.4 Å². The van der Waals surface area contributed by atoms with Crippen molar-refractivity contribution in [2.45, 2.75) is 17.7 Å². The standard InChI is InChI=1S/C12H14ClNO3S/c1-18-10-6-8(12(16)17)5-9(7-10)14-11(15)3-2-4-13/h5-7H,2-4H2,1H3,(H,14,15)(H,16,17). The first-order valence-electron chi connectivity index (χ1n) is 5.35. The first kappa shape index (κ1) is 14.9. The zero-order valence-corrected chi connectivity index (χ0v) is 11.5. The summed E-state index contributed by atoms with van der Waals surface area (Å²) in [5.74, 6) is -0.744. The van der Waals surface area contributed by atoms with Gasteiger partial charge in [0.1, 0.15) is 0 Å². The van der Waals surface area contributed by atoms with Crippen LogP contribution in [0.5, 0.6) is 0 Å². The molecule has 1 aromatic carbocycles. The fourth-order valence-electron chi connectivity index (χ4n) is 1.36. The average Bonchev–Trinajstić information content (AvgIpc) is 2.35. The molecule has 0 heterocycles. The predicted octanol–water partition coefficient (Wildman–Crippen LogP) is 3.06. The number of hydrogen-bond acceptors (Lipinski definition) is 3. The van der Waals surface area contributed by atoms with Crippen molar-refractivity contribution in [2.24, 2.45) is 0 Å². The van der Waals surface area contributed by atoms with Crippen molar-refractivity contribution in [3.8, 4) is 0 Å². The maximum atomic E-state index is 11.5. The molecule has 18 heavy (non-hydrogen) atoms. The van der Waals surface area contributed by atoms with Gasteiger partial charge >= 0.3 is 5.97 Å². The van der Waals surface area contributed by atoms with Crippen LogP contribution in [0.15, 0.2) is 23.1 Å². The third kappa shape index (κ3) is 4.58. The summed E-state index contributed by atoms with van der Waals surface area (Å²) in [5, 5.41) is 11.6. The van der Waals surface area contributed by atoms with Gasteiger partial charge in [-0.3, -0.25) is 4.79 Å². The number of carbonyl (C=O) groups is 2. The van der Waals surface area contributed by atoms with Gasteiger partial charge in [-0.2, -0.15) is 0 Å². The third-order valence-corrected chi connectivity index (χ3v) is 3.18. The summed E-state index contributed by atoms with van der Waals surface area (Å²) in [6, 6.07) is 4.76. The number of alkyl halides is 1. The molecule has 0 aliphatic rings. The highest BCUT2D eigenvalue weighted by molar-refractivity contribution is 7.98. The lowest BCUT2D eigenvalue weighted by Gasteiger charge is -2.08. The molecule has 0 aromatic heterocycles. The highest BCUT2D eigenvalue weighted by Crippen LogP contribution is 2.22. The quantitative estimate of drug-likeness (QED) is 0.623. The maximum Gasteiger partial charge on any atom is 0.335 e. The van der Waals surface area contributed by atoms with Gasteiger partial charge in [-0.15, -0.1) is 23.4 Å². The van der Waals surface area contributed by atoms with Gasteiger partial charge in [0, 0.05) is 22.9 Å². The molecule has 0 unspecified atom stereocenters. The van der Waals surface area contributed by atoms with Crippen molar-refractivity contribution >= 4 is 40.9 Å². The number of hydrogen-bond donors (Lipinski definition) is 2. The number of rotatable bonds is 6. The second kappa shape index (κ2) is 7.28. The minimum absolute atomic E-state index is 0.162. The molecule has 0 radical (unpaired) electrons. The molecule has 0 bridgehead atoms. The largest absolute Gasteiger partial charge is 0.478 e. The van der Waals surface area contributed by atoms with E-state index in [0.29, 0.717) is 24.4 Å². The van der Waals surface area contributed by atoms with Crippen molar-refractivity contribution in [3.05, 3.63) is 23.8 Å². The Labute approximate surface area is 115 Å². The molecule has 0 atom stereocenters. The van der Waals surface area contributed by atoms with Gasteiger partial charge in [-0.1, -0.05) is 0 Å². The van der Waals surface area contributed by atoms with Crippen LogP contribution < -0.4 is 5.32 Å². The molecule has 0 spiro atoms. The van der Waals surface area contributed by atoms with Crippen LogP contribution in [0.3, 0.4) is 0 Å². The Hall–Kier alpha value is -1.20. The number of thioether (sulfide) groups is 1. The number of carboxylic acid groups (broad SMARTS) is 1. The van der Waals surface area contributed by atoms with Crippen LogP contribution in [-0.4, -0.2) is 29.1 Å². The van der Waals surface area contributed by atoms with E-state index in [4.69, 9.17) is 16.7 Å². The minimum atomic E-state index is -1.01. The molecular weight excluding hydrogens is 274 g/mol. The van der Waals surface area contributed by atoms with E-state index < -0.39 is 5.97 Å². The second-order valence-electron chi connectivity index (χ2n) is 3.60. The van der Waals surface area contributed by atoms with Crippen molar-refractivity contribution in [2.75, 3.05) is 17.5 Å². The Morgan fingerprint density at radius 2 is 2.11 bits per heavy atom. The third-order valence-electron chi connectivity index (χ3n) is 2.21. The van der Waals surface area contributed by atoms with Gasteiger partial charge in [0.2, 0.25) is 5.91 Å². The van der Waals surface area contributed by atoms with Gasteiger partial charge < -0.3 is 10.4 Å². The molecule has 98 valence electrons. The Balaban J connectivity index is 2.84. The Kier molecular flexibility index (Phi) is 6.01. The van der Waals surface area contributed by atoms with Crippen molar-refractivity contribution in [1.82, 2.24) is 0 Å². The molecule has 1 amide bonds. The molecule has 0 saturated heterocycles. The predicted molar refractivity (Wildman–Crippen MR) is 73.8 cm³/mol. The van der Waals surface area contributed by atoms with Gasteiger partial charge in [0.25, 0.3) is 0 Å². The van der Waals surface area contributed by atoms with Gasteiger partial charge in [0.05, 0.1) is 5.56 Å². The lowest BCUT2D eigenvalue weighted by molar-refractivity contribution is -0.116. The van der Waals surface area contributed by atoms with Crippen LogP contribution in [0.25, 0.3) is 0 Å². The molecule has 2 N–H and O–H groups in total.